The van der Waals surface area contributed by atoms with Gasteiger partial charge in [-0.1, -0.05) is 25.8 Å². The summed E-state index contributed by atoms with van der Waals surface area (Å²) in [5.74, 6) is -1.03. The molecule has 1 atom stereocenters. The number of aryl methyl sites for hydroxylation is 2. The summed E-state index contributed by atoms with van der Waals surface area (Å²) in [5, 5.41) is 2.86. The van der Waals surface area contributed by atoms with E-state index >= 15 is 0 Å². The normalized spacial score (nSPS) is 15.8. The Bertz CT molecular complexity index is 932. The third kappa shape index (κ3) is 5.94. The van der Waals surface area contributed by atoms with Crippen LogP contribution in [-0.4, -0.2) is 30.9 Å². The maximum Gasteiger partial charge on any atom is 0.338 e. The maximum absolute atomic E-state index is 12.7. The van der Waals surface area contributed by atoms with Gasteiger partial charge >= 0.3 is 5.97 Å². The Morgan fingerprint density at radius 1 is 1.06 bits per heavy atom. The van der Waals surface area contributed by atoms with Gasteiger partial charge in [0.15, 0.2) is 0 Å². The Balaban J connectivity index is 1.56. The molecule has 0 aliphatic carbocycles. The Morgan fingerprint density at radius 2 is 1.74 bits per heavy atom. The molecule has 1 aliphatic heterocycles. The SMILES string of the molecule is CCCCCOC(=O)c1ccc(NC(=O)[C@H]2CC(=O)N(c3cc(C)cc(C)c3)C2)cc1. The van der Waals surface area contributed by atoms with Gasteiger partial charge in [-0.2, -0.15) is 0 Å². The van der Waals surface area contributed by atoms with Gasteiger partial charge in [0, 0.05) is 24.3 Å². The van der Waals surface area contributed by atoms with E-state index in [2.05, 4.69) is 18.3 Å². The number of nitrogens with one attached hydrogen (secondary N) is 1. The van der Waals surface area contributed by atoms with Crippen LogP contribution in [0.4, 0.5) is 11.4 Å². The van der Waals surface area contributed by atoms with Crippen molar-refractivity contribution < 1.29 is 19.1 Å². The van der Waals surface area contributed by atoms with Gasteiger partial charge in [0.2, 0.25) is 11.8 Å². The van der Waals surface area contributed by atoms with E-state index in [4.69, 9.17) is 4.74 Å². The van der Waals surface area contributed by atoms with E-state index in [9.17, 15) is 14.4 Å². The molecule has 31 heavy (non-hydrogen) atoms. The number of nitrogens with zero attached hydrogens (tertiary/aromatic N) is 1. The molecule has 0 bridgehead atoms. The molecule has 2 aromatic carbocycles. The van der Waals surface area contributed by atoms with E-state index in [0.717, 1.165) is 36.1 Å². The van der Waals surface area contributed by atoms with Crippen LogP contribution in [0.2, 0.25) is 0 Å². The molecule has 1 fully saturated rings. The summed E-state index contributed by atoms with van der Waals surface area (Å²) >= 11 is 0. The molecule has 3 rings (SSSR count). The molecule has 6 nitrogen and oxygen atoms in total. The molecule has 0 saturated carbocycles. The third-order valence-corrected chi connectivity index (χ3v) is 5.38. The highest BCUT2D eigenvalue weighted by molar-refractivity contribution is 6.03. The second-order valence-corrected chi connectivity index (χ2v) is 8.16. The molecule has 1 aliphatic rings. The number of hydrogen-bond donors (Lipinski definition) is 1. The molecule has 0 aromatic heterocycles. The number of ether oxygens (including phenoxy) is 1. The molecule has 6 heteroatoms. The summed E-state index contributed by atoms with van der Waals surface area (Å²) < 4.78 is 5.25. The fraction of sp³-hybridized carbons (Fsp3) is 0.400. The van der Waals surface area contributed by atoms with Crippen LogP contribution in [0.1, 0.15) is 54.1 Å². The number of amides is 2. The van der Waals surface area contributed by atoms with E-state index in [1.165, 1.54) is 0 Å². The molecule has 0 radical (unpaired) electrons. The monoisotopic (exact) mass is 422 g/mol. The fourth-order valence-corrected chi connectivity index (χ4v) is 3.77. The molecule has 1 N–H and O–H groups in total. The largest absolute Gasteiger partial charge is 0.462 e. The lowest BCUT2D eigenvalue weighted by Crippen LogP contribution is -2.28. The third-order valence-electron chi connectivity index (χ3n) is 5.38. The molecule has 0 spiro atoms. The lowest BCUT2D eigenvalue weighted by Gasteiger charge is -2.18. The van der Waals surface area contributed by atoms with Crippen molar-refractivity contribution in [3.8, 4) is 0 Å². The molecule has 2 amide bonds. The van der Waals surface area contributed by atoms with E-state index in [0.29, 0.717) is 24.4 Å². The number of esters is 1. The van der Waals surface area contributed by atoms with Crippen molar-refractivity contribution in [3.05, 3.63) is 59.2 Å². The van der Waals surface area contributed by atoms with Crippen molar-refractivity contribution in [2.24, 2.45) is 5.92 Å². The van der Waals surface area contributed by atoms with Gasteiger partial charge in [0.25, 0.3) is 0 Å². The smallest absolute Gasteiger partial charge is 0.338 e. The van der Waals surface area contributed by atoms with Gasteiger partial charge in [0.1, 0.15) is 0 Å². The van der Waals surface area contributed by atoms with Crippen molar-refractivity contribution in [2.45, 2.75) is 46.5 Å². The second-order valence-electron chi connectivity index (χ2n) is 8.16. The fourth-order valence-electron chi connectivity index (χ4n) is 3.77. The second kappa shape index (κ2) is 10.2. The summed E-state index contributed by atoms with van der Waals surface area (Å²) in [6.07, 6.45) is 3.14. The van der Waals surface area contributed by atoms with Crippen LogP contribution in [-0.2, 0) is 14.3 Å². The van der Waals surface area contributed by atoms with Crippen LogP contribution in [0.15, 0.2) is 42.5 Å². The lowest BCUT2D eigenvalue weighted by molar-refractivity contribution is -0.122. The number of anilines is 2. The van der Waals surface area contributed by atoms with Crippen molar-refractivity contribution in [1.29, 1.82) is 0 Å². The summed E-state index contributed by atoms with van der Waals surface area (Å²) in [6.45, 7) is 6.85. The van der Waals surface area contributed by atoms with Crippen molar-refractivity contribution in [3.63, 3.8) is 0 Å². The zero-order valence-corrected chi connectivity index (χ0v) is 18.4. The molecule has 0 unspecified atom stereocenters. The minimum atomic E-state index is -0.420. The number of carbonyl (C=O) groups excluding carboxylic acids is 3. The van der Waals surface area contributed by atoms with Crippen molar-refractivity contribution >= 4 is 29.2 Å². The highest BCUT2D eigenvalue weighted by atomic mass is 16.5. The predicted octanol–water partition coefficient (Wildman–Crippen LogP) is 4.64. The maximum atomic E-state index is 12.7. The van der Waals surface area contributed by atoms with Crippen molar-refractivity contribution in [2.75, 3.05) is 23.4 Å². The topological polar surface area (TPSA) is 75.7 Å². The van der Waals surface area contributed by atoms with Crippen LogP contribution in [0.5, 0.6) is 0 Å². The Hall–Kier alpha value is -3.15. The minimum absolute atomic E-state index is 0.0497. The first kappa shape index (κ1) is 22.5. The first-order valence-corrected chi connectivity index (χ1v) is 10.8. The van der Waals surface area contributed by atoms with E-state index < -0.39 is 5.92 Å². The van der Waals surface area contributed by atoms with Crippen LogP contribution in [0.3, 0.4) is 0 Å². The summed E-state index contributed by atoms with van der Waals surface area (Å²) in [6, 6.07) is 12.6. The van der Waals surface area contributed by atoms with Gasteiger partial charge in [-0.05, 0) is 67.8 Å². The predicted molar refractivity (Wildman–Crippen MR) is 121 cm³/mol. The first-order chi connectivity index (χ1) is 14.9. The Morgan fingerprint density at radius 3 is 2.39 bits per heavy atom. The number of carbonyl (C=O) groups is 3. The van der Waals surface area contributed by atoms with Gasteiger partial charge in [-0.15, -0.1) is 0 Å². The highest BCUT2D eigenvalue weighted by Crippen LogP contribution is 2.27. The Kier molecular flexibility index (Phi) is 7.45. The number of rotatable bonds is 8. The number of benzene rings is 2. The van der Waals surface area contributed by atoms with E-state index in [-0.39, 0.29) is 24.2 Å². The zero-order chi connectivity index (χ0) is 22.4. The summed E-state index contributed by atoms with van der Waals surface area (Å²) in [7, 11) is 0. The highest BCUT2D eigenvalue weighted by Gasteiger charge is 2.35. The molecule has 164 valence electrons. The van der Waals surface area contributed by atoms with E-state index in [1.807, 2.05) is 26.0 Å². The van der Waals surface area contributed by atoms with Crippen LogP contribution >= 0.6 is 0 Å². The van der Waals surface area contributed by atoms with Gasteiger partial charge < -0.3 is 15.0 Å². The lowest BCUT2D eigenvalue weighted by atomic mass is 10.1. The quantitative estimate of drug-likeness (QED) is 0.497. The van der Waals surface area contributed by atoms with E-state index in [1.54, 1.807) is 29.2 Å². The first-order valence-electron chi connectivity index (χ1n) is 10.8. The number of unbranched alkanes of at least 4 members (excludes halogenated alkanes) is 2. The van der Waals surface area contributed by atoms with Gasteiger partial charge in [-0.25, -0.2) is 4.79 Å². The Labute approximate surface area is 183 Å². The number of hydrogen-bond acceptors (Lipinski definition) is 4. The minimum Gasteiger partial charge on any atom is -0.462 e. The molecular weight excluding hydrogens is 392 g/mol. The van der Waals surface area contributed by atoms with Crippen LogP contribution in [0.25, 0.3) is 0 Å². The molecule has 1 heterocycles. The molecule has 1 saturated heterocycles. The van der Waals surface area contributed by atoms with Gasteiger partial charge in [-0.3, -0.25) is 9.59 Å². The molecule has 2 aromatic rings. The summed E-state index contributed by atoms with van der Waals surface area (Å²) in [4.78, 5) is 39.0. The zero-order valence-electron chi connectivity index (χ0n) is 18.4. The summed E-state index contributed by atoms with van der Waals surface area (Å²) in [5.41, 5.74) is 4.04. The molecular formula is C25H30N2O4. The average Bonchev–Trinajstić information content (AvgIpc) is 3.13. The van der Waals surface area contributed by atoms with Crippen LogP contribution in [0, 0.1) is 19.8 Å². The standard InChI is InChI=1S/C25H30N2O4/c1-4-5-6-11-31-25(30)19-7-9-21(10-8-19)26-24(29)20-15-23(28)27(16-20)22-13-17(2)12-18(3)14-22/h7-10,12-14,20H,4-6,11,15-16H2,1-3H3,(H,26,29)/t20-/m0/s1. The van der Waals surface area contributed by atoms with Crippen LogP contribution < -0.4 is 10.2 Å². The van der Waals surface area contributed by atoms with Gasteiger partial charge in [0.05, 0.1) is 18.1 Å². The average molecular weight is 423 g/mol. The van der Waals surface area contributed by atoms with Crippen molar-refractivity contribution in [1.82, 2.24) is 0 Å².